The van der Waals surface area contributed by atoms with E-state index in [-0.39, 0.29) is 24.4 Å². The van der Waals surface area contributed by atoms with Crippen molar-refractivity contribution < 1.29 is 32.6 Å². The van der Waals surface area contributed by atoms with Gasteiger partial charge in [0.1, 0.15) is 5.75 Å². The van der Waals surface area contributed by atoms with Gasteiger partial charge in [-0.3, -0.25) is 9.59 Å². The Morgan fingerprint density at radius 3 is 2.21 bits per heavy atom. The molecule has 10 heteroatoms. The number of halogens is 3. The van der Waals surface area contributed by atoms with Crippen molar-refractivity contribution in [1.82, 2.24) is 4.98 Å². The third-order valence-corrected chi connectivity index (χ3v) is 7.90. The standard InChI is InChI=1S/C33H27F3N2O4S/c34-33(35,36)42-27-17-18-28-30(20-27)43-32(38-28)37-26-15-12-23(13-16-26)22-8-10-24(11-9-22)29(39)19-14-25(31(40)41)7-6-21-4-2-1-3-5-21/h1-5,8-13,15-18,20,25H,6-7,14,19H2,(H,37,38)(H,40,41). The first kappa shape index (κ1) is 29.8. The summed E-state index contributed by atoms with van der Waals surface area (Å²) in [5.41, 5.74) is 4.75. The summed E-state index contributed by atoms with van der Waals surface area (Å²) < 4.78 is 42.1. The van der Waals surface area contributed by atoms with E-state index in [2.05, 4.69) is 15.0 Å². The van der Waals surface area contributed by atoms with Gasteiger partial charge in [-0.25, -0.2) is 4.98 Å². The monoisotopic (exact) mass is 604 g/mol. The average Bonchev–Trinajstić information content (AvgIpc) is 3.38. The highest BCUT2D eigenvalue weighted by molar-refractivity contribution is 7.22. The predicted molar refractivity (Wildman–Crippen MR) is 161 cm³/mol. The lowest BCUT2D eigenvalue weighted by atomic mass is 9.92. The van der Waals surface area contributed by atoms with Crippen molar-refractivity contribution in [3.63, 3.8) is 0 Å². The smallest absolute Gasteiger partial charge is 0.481 e. The molecule has 2 N–H and O–H groups in total. The Labute approximate surface area is 249 Å². The molecule has 0 amide bonds. The van der Waals surface area contributed by atoms with Gasteiger partial charge in [0.15, 0.2) is 10.9 Å². The Hall–Kier alpha value is -4.70. The summed E-state index contributed by atoms with van der Waals surface area (Å²) in [5.74, 6) is -1.86. The number of fused-ring (bicyclic) bond motifs is 1. The Kier molecular flexibility index (Phi) is 9.06. The second-order valence-corrected chi connectivity index (χ2v) is 11.0. The molecule has 4 aromatic carbocycles. The molecule has 0 fully saturated rings. The fraction of sp³-hybridized carbons (Fsp3) is 0.182. The van der Waals surface area contributed by atoms with Crippen molar-refractivity contribution in [2.45, 2.75) is 32.0 Å². The lowest BCUT2D eigenvalue weighted by Crippen LogP contribution is -2.16. The summed E-state index contributed by atoms with van der Waals surface area (Å²) in [7, 11) is 0. The van der Waals surface area contributed by atoms with E-state index in [4.69, 9.17) is 0 Å². The van der Waals surface area contributed by atoms with Crippen LogP contribution in [0.15, 0.2) is 97.1 Å². The lowest BCUT2D eigenvalue weighted by Gasteiger charge is -2.12. The van der Waals surface area contributed by atoms with E-state index in [0.29, 0.717) is 33.8 Å². The number of nitrogens with zero attached hydrogens (tertiary/aromatic N) is 1. The normalized spacial score (nSPS) is 12.2. The molecule has 1 atom stereocenters. The maximum absolute atomic E-state index is 12.8. The van der Waals surface area contributed by atoms with Crippen LogP contribution in [0.5, 0.6) is 5.75 Å². The summed E-state index contributed by atoms with van der Waals surface area (Å²) >= 11 is 1.21. The molecule has 0 aliphatic rings. The van der Waals surface area contributed by atoms with Crippen LogP contribution in [0.3, 0.4) is 0 Å². The number of carbonyl (C=O) groups excluding carboxylic acids is 1. The minimum absolute atomic E-state index is 0.0926. The van der Waals surface area contributed by atoms with Gasteiger partial charge >= 0.3 is 12.3 Å². The number of carboxylic acid groups (broad SMARTS) is 1. The zero-order valence-electron chi connectivity index (χ0n) is 22.8. The Bertz CT molecular complexity index is 1700. The Morgan fingerprint density at radius 1 is 0.884 bits per heavy atom. The second-order valence-electron chi connectivity index (χ2n) is 10.00. The molecule has 5 aromatic rings. The molecule has 220 valence electrons. The average molecular weight is 605 g/mol. The van der Waals surface area contributed by atoms with Gasteiger partial charge in [0.2, 0.25) is 0 Å². The number of carbonyl (C=O) groups is 2. The van der Waals surface area contributed by atoms with E-state index in [1.807, 2.05) is 66.7 Å². The minimum atomic E-state index is -4.76. The number of rotatable bonds is 12. The number of ether oxygens (including phenoxy) is 1. The van der Waals surface area contributed by atoms with E-state index in [9.17, 15) is 27.9 Å². The molecule has 6 nitrogen and oxygen atoms in total. The fourth-order valence-corrected chi connectivity index (χ4v) is 5.61. The number of anilines is 2. The second kappa shape index (κ2) is 13.1. The number of ketones is 1. The molecule has 0 aliphatic carbocycles. The topological polar surface area (TPSA) is 88.5 Å². The number of alkyl halides is 3. The van der Waals surface area contributed by atoms with Gasteiger partial charge in [0, 0.05) is 23.7 Å². The number of carboxylic acids is 1. The molecule has 1 heterocycles. The third kappa shape index (κ3) is 8.20. The molecule has 5 rings (SSSR count). The van der Waals surface area contributed by atoms with E-state index >= 15 is 0 Å². The Balaban J connectivity index is 1.16. The van der Waals surface area contributed by atoms with Crippen LogP contribution in [0.2, 0.25) is 0 Å². The summed E-state index contributed by atoms with van der Waals surface area (Å²) in [6, 6.07) is 28.5. The number of hydrogen-bond acceptors (Lipinski definition) is 6. The zero-order valence-corrected chi connectivity index (χ0v) is 23.6. The van der Waals surface area contributed by atoms with E-state index in [1.54, 1.807) is 12.1 Å². The highest BCUT2D eigenvalue weighted by Crippen LogP contribution is 2.33. The van der Waals surface area contributed by atoms with E-state index < -0.39 is 18.2 Å². The first-order valence-electron chi connectivity index (χ1n) is 13.6. The van der Waals surface area contributed by atoms with E-state index in [1.165, 1.54) is 29.5 Å². The maximum atomic E-state index is 12.8. The van der Waals surface area contributed by atoms with Gasteiger partial charge in [0.05, 0.1) is 16.1 Å². The van der Waals surface area contributed by atoms with Gasteiger partial charge in [-0.2, -0.15) is 0 Å². The van der Waals surface area contributed by atoms with Crippen LogP contribution in [0.1, 0.15) is 35.2 Å². The van der Waals surface area contributed by atoms with Gasteiger partial charge in [-0.05, 0) is 60.2 Å². The number of aliphatic carboxylic acids is 1. The van der Waals surface area contributed by atoms with Crippen LogP contribution in [-0.4, -0.2) is 28.2 Å². The first-order valence-corrected chi connectivity index (χ1v) is 14.4. The number of hydrogen-bond donors (Lipinski definition) is 2. The number of aryl methyl sites for hydroxylation is 1. The van der Waals surface area contributed by atoms with Crippen LogP contribution in [0.4, 0.5) is 24.0 Å². The maximum Gasteiger partial charge on any atom is 0.573 e. The van der Waals surface area contributed by atoms with Crippen molar-refractivity contribution >= 4 is 44.1 Å². The minimum Gasteiger partial charge on any atom is -0.481 e. The molecule has 43 heavy (non-hydrogen) atoms. The van der Waals surface area contributed by atoms with Gasteiger partial charge in [-0.1, -0.05) is 78.1 Å². The highest BCUT2D eigenvalue weighted by Gasteiger charge is 2.31. The number of Topliss-reactive ketones (excluding diaryl/α,β-unsaturated/α-hetero) is 1. The Morgan fingerprint density at radius 2 is 1.56 bits per heavy atom. The van der Waals surface area contributed by atoms with Gasteiger partial charge in [-0.15, -0.1) is 13.2 Å². The van der Waals surface area contributed by atoms with Crippen molar-refractivity contribution in [1.29, 1.82) is 0 Å². The molecule has 0 aliphatic heterocycles. The molecule has 1 unspecified atom stereocenters. The van der Waals surface area contributed by atoms with Crippen LogP contribution < -0.4 is 10.1 Å². The quantitative estimate of drug-likeness (QED) is 0.138. The number of nitrogens with one attached hydrogen (secondary N) is 1. The van der Waals surface area contributed by atoms with Crippen LogP contribution in [0.25, 0.3) is 21.3 Å². The highest BCUT2D eigenvalue weighted by atomic mass is 32.1. The lowest BCUT2D eigenvalue weighted by molar-refractivity contribution is -0.274. The predicted octanol–water partition coefficient (Wildman–Crippen LogP) is 8.90. The molecule has 0 radical (unpaired) electrons. The van der Waals surface area contributed by atoms with Gasteiger partial charge in [0.25, 0.3) is 0 Å². The molecule has 0 bridgehead atoms. The van der Waals surface area contributed by atoms with Crippen molar-refractivity contribution in [2.24, 2.45) is 5.92 Å². The molecular formula is C33H27F3N2O4S. The van der Waals surface area contributed by atoms with Crippen LogP contribution >= 0.6 is 11.3 Å². The number of aromatic nitrogens is 1. The molecular weight excluding hydrogens is 577 g/mol. The summed E-state index contributed by atoms with van der Waals surface area (Å²) in [6.45, 7) is 0. The van der Waals surface area contributed by atoms with Crippen molar-refractivity contribution in [2.75, 3.05) is 5.32 Å². The number of benzene rings is 4. The van der Waals surface area contributed by atoms with Gasteiger partial charge < -0.3 is 15.2 Å². The van der Waals surface area contributed by atoms with Crippen molar-refractivity contribution in [3.05, 3.63) is 108 Å². The van der Waals surface area contributed by atoms with E-state index in [0.717, 1.165) is 22.4 Å². The molecule has 1 aromatic heterocycles. The molecule has 0 saturated heterocycles. The molecule has 0 saturated carbocycles. The fourth-order valence-electron chi connectivity index (χ4n) is 4.70. The summed E-state index contributed by atoms with van der Waals surface area (Å²) in [5, 5.41) is 13.3. The van der Waals surface area contributed by atoms with Crippen LogP contribution in [0, 0.1) is 5.92 Å². The van der Waals surface area contributed by atoms with Crippen LogP contribution in [-0.2, 0) is 11.2 Å². The molecule has 0 spiro atoms. The zero-order chi connectivity index (χ0) is 30.4. The SMILES string of the molecule is O=C(CCC(CCc1ccccc1)C(=O)O)c1ccc(-c2ccc(Nc3nc4ccc(OC(F)(F)F)cc4s3)cc2)cc1. The summed E-state index contributed by atoms with van der Waals surface area (Å²) in [4.78, 5) is 28.9. The number of thiazole rings is 1. The summed E-state index contributed by atoms with van der Waals surface area (Å²) in [6.07, 6.45) is -3.18. The van der Waals surface area contributed by atoms with Crippen molar-refractivity contribution in [3.8, 4) is 16.9 Å². The third-order valence-electron chi connectivity index (χ3n) is 6.96. The largest absolute Gasteiger partial charge is 0.573 e. The first-order chi connectivity index (χ1) is 20.6.